The van der Waals surface area contributed by atoms with Crippen molar-refractivity contribution in [3.63, 3.8) is 0 Å². The average molecular weight is 378 g/mol. The number of nitrogens with zero attached hydrogens (tertiary/aromatic N) is 1. The maximum absolute atomic E-state index is 12.4. The van der Waals surface area contributed by atoms with Crippen molar-refractivity contribution in [3.8, 4) is 5.75 Å². The van der Waals surface area contributed by atoms with Crippen molar-refractivity contribution in [1.29, 1.82) is 0 Å². The molecule has 1 atom stereocenters. The molecule has 0 aliphatic carbocycles. The largest absolute Gasteiger partial charge is 0.426 e. The number of aryl methyl sites for hydroxylation is 2. The molecule has 1 saturated heterocycles. The Morgan fingerprint density at radius 1 is 1.16 bits per heavy atom. The van der Waals surface area contributed by atoms with Crippen molar-refractivity contribution >= 4 is 40.8 Å². The first-order valence-corrected chi connectivity index (χ1v) is 8.65. The van der Waals surface area contributed by atoms with Crippen molar-refractivity contribution in [2.45, 2.75) is 20.3 Å². The van der Waals surface area contributed by atoms with Gasteiger partial charge in [0.15, 0.2) is 0 Å². The van der Waals surface area contributed by atoms with E-state index in [4.69, 9.17) is 27.9 Å². The highest BCUT2D eigenvalue weighted by molar-refractivity contribution is 6.44. The summed E-state index contributed by atoms with van der Waals surface area (Å²) >= 11 is 12.2. The molecule has 0 saturated carbocycles. The second-order valence-corrected chi connectivity index (χ2v) is 6.93. The number of hydrogen-bond acceptors (Lipinski definition) is 3. The van der Waals surface area contributed by atoms with Crippen LogP contribution >= 0.6 is 23.2 Å². The maximum atomic E-state index is 12.4. The highest BCUT2D eigenvalue weighted by atomic mass is 35.5. The van der Waals surface area contributed by atoms with Gasteiger partial charge in [-0.3, -0.25) is 9.59 Å². The molecule has 0 radical (unpaired) electrons. The normalized spacial score (nSPS) is 17.0. The van der Waals surface area contributed by atoms with Gasteiger partial charge in [-0.1, -0.05) is 35.3 Å². The number of halogens is 2. The molecule has 1 aliphatic rings. The lowest BCUT2D eigenvalue weighted by molar-refractivity contribution is -0.139. The minimum absolute atomic E-state index is 0.0898. The van der Waals surface area contributed by atoms with Crippen LogP contribution in [0.2, 0.25) is 10.0 Å². The third kappa shape index (κ3) is 3.65. The van der Waals surface area contributed by atoms with Crippen LogP contribution in [0.15, 0.2) is 36.4 Å². The molecular formula is C19H17Cl2NO3. The molecule has 1 amide bonds. The van der Waals surface area contributed by atoms with Gasteiger partial charge in [0, 0.05) is 13.0 Å². The summed E-state index contributed by atoms with van der Waals surface area (Å²) in [5, 5.41) is 0.675. The zero-order valence-electron chi connectivity index (χ0n) is 13.9. The van der Waals surface area contributed by atoms with Crippen LogP contribution < -0.4 is 9.64 Å². The number of rotatable bonds is 3. The molecule has 0 aromatic heterocycles. The summed E-state index contributed by atoms with van der Waals surface area (Å²) in [5.41, 5.74) is 2.68. The van der Waals surface area contributed by atoms with E-state index in [-0.39, 0.29) is 18.9 Å². The molecule has 25 heavy (non-hydrogen) atoms. The van der Waals surface area contributed by atoms with Crippen molar-refractivity contribution in [2.24, 2.45) is 5.92 Å². The van der Waals surface area contributed by atoms with Gasteiger partial charge in [-0.2, -0.15) is 0 Å². The lowest BCUT2D eigenvalue weighted by atomic mass is 10.1. The van der Waals surface area contributed by atoms with Gasteiger partial charge in [0.25, 0.3) is 0 Å². The van der Waals surface area contributed by atoms with Gasteiger partial charge in [-0.25, -0.2) is 0 Å². The van der Waals surface area contributed by atoms with Crippen LogP contribution in [-0.2, 0) is 9.59 Å². The maximum Gasteiger partial charge on any atom is 0.316 e. The average Bonchev–Trinajstić information content (AvgIpc) is 2.95. The summed E-state index contributed by atoms with van der Waals surface area (Å²) in [5.74, 6) is -0.646. The Labute approximate surface area is 156 Å². The number of carbonyl (C=O) groups is 2. The smallest absolute Gasteiger partial charge is 0.316 e. The Balaban J connectivity index is 1.74. The summed E-state index contributed by atoms with van der Waals surface area (Å²) in [6.07, 6.45) is 0.0898. The Morgan fingerprint density at radius 3 is 2.64 bits per heavy atom. The first-order valence-electron chi connectivity index (χ1n) is 7.90. The molecule has 2 aromatic carbocycles. The van der Waals surface area contributed by atoms with Gasteiger partial charge in [0.05, 0.1) is 21.7 Å². The summed E-state index contributed by atoms with van der Waals surface area (Å²) in [6, 6.07) is 10.5. The molecule has 0 bridgehead atoms. The topological polar surface area (TPSA) is 46.6 Å². The van der Waals surface area contributed by atoms with E-state index in [1.54, 1.807) is 24.3 Å². The lowest BCUT2D eigenvalue weighted by Gasteiger charge is -2.18. The fourth-order valence-electron chi connectivity index (χ4n) is 2.78. The molecule has 4 nitrogen and oxygen atoms in total. The zero-order valence-corrected chi connectivity index (χ0v) is 15.4. The molecule has 0 unspecified atom stereocenters. The predicted octanol–water partition coefficient (Wildman–Crippen LogP) is 4.57. The molecule has 1 heterocycles. The van der Waals surface area contributed by atoms with Crippen LogP contribution in [0.5, 0.6) is 5.75 Å². The first-order chi connectivity index (χ1) is 11.9. The zero-order chi connectivity index (χ0) is 18.1. The fraction of sp³-hybridized carbons (Fsp3) is 0.263. The van der Waals surface area contributed by atoms with Crippen molar-refractivity contribution in [3.05, 3.63) is 57.6 Å². The third-order valence-corrected chi connectivity index (χ3v) is 5.19. The van der Waals surface area contributed by atoms with Crippen molar-refractivity contribution in [2.75, 3.05) is 11.4 Å². The molecular weight excluding hydrogens is 361 g/mol. The van der Waals surface area contributed by atoms with Crippen LogP contribution in [0.4, 0.5) is 5.69 Å². The van der Waals surface area contributed by atoms with Gasteiger partial charge in [-0.05, 0) is 49.2 Å². The van der Waals surface area contributed by atoms with Crippen LogP contribution in [-0.4, -0.2) is 18.4 Å². The Hall–Kier alpha value is -2.04. The number of esters is 1. The molecule has 0 spiro atoms. The number of benzene rings is 2. The molecule has 2 aromatic rings. The molecule has 6 heteroatoms. The highest BCUT2D eigenvalue weighted by Crippen LogP contribution is 2.36. The minimum Gasteiger partial charge on any atom is -0.426 e. The molecule has 3 rings (SSSR count). The second kappa shape index (κ2) is 7.06. The van der Waals surface area contributed by atoms with E-state index in [9.17, 15) is 9.59 Å². The molecule has 1 aliphatic heterocycles. The van der Waals surface area contributed by atoms with Gasteiger partial charge >= 0.3 is 5.97 Å². The van der Waals surface area contributed by atoms with E-state index < -0.39 is 11.9 Å². The summed E-state index contributed by atoms with van der Waals surface area (Å²) in [6.45, 7) is 4.17. The molecule has 130 valence electrons. The SMILES string of the molecule is Cc1ccc(OC(=O)[C@@H]2CC(=O)N(c3cccc(Cl)c3Cl)C2)cc1C. The second-order valence-electron chi connectivity index (χ2n) is 6.15. The number of amides is 1. The van der Waals surface area contributed by atoms with Crippen molar-refractivity contribution < 1.29 is 14.3 Å². The number of anilines is 1. The van der Waals surface area contributed by atoms with Crippen LogP contribution in [0.25, 0.3) is 0 Å². The van der Waals surface area contributed by atoms with Crippen LogP contribution in [0.1, 0.15) is 17.5 Å². The van der Waals surface area contributed by atoms with Gasteiger partial charge in [-0.15, -0.1) is 0 Å². The monoisotopic (exact) mass is 377 g/mol. The number of ether oxygens (including phenoxy) is 1. The van der Waals surface area contributed by atoms with E-state index in [0.29, 0.717) is 21.5 Å². The fourth-order valence-corrected chi connectivity index (χ4v) is 3.17. The Morgan fingerprint density at radius 2 is 1.92 bits per heavy atom. The summed E-state index contributed by atoms with van der Waals surface area (Å²) < 4.78 is 5.44. The Kier molecular flexibility index (Phi) is 5.02. The predicted molar refractivity (Wildman–Crippen MR) is 98.5 cm³/mol. The van der Waals surface area contributed by atoms with Gasteiger partial charge in [0.2, 0.25) is 5.91 Å². The van der Waals surface area contributed by atoms with E-state index in [2.05, 4.69) is 0 Å². The van der Waals surface area contributed by atoms with E-state index in [1.807, 2.05) is 26.0 Å². The van der Waals surface area contributed by atoms with Crippen LogP contribution in [0.3, 0.4) is 0 Å². The first kappa shape index (κ1) is 17.8. The van der Waals surface area contributed by atoms with E-state index in [0.717, 1.165) is 11.1 Å². The summed E-state index contributed by atoms with van der Waals surface area (Å²) in [7, 11) is 0. The van der Waals surface area contributed by atoms with Crippen molar-refractivity contribution in [1.82, 2.24) is 0 Å². The lowest BCUT2D eigenvalue weighted by Crippen LogP contribution is -2.27. The summed E-state index contributed by atoms with van der Waals surface area (Å²) in [4.78, 5) is 26.2. The highest BCUT2D eigenvalue weighted by Gasteiger charge is 2.37. The van der Waals surface area contributed by atoms with E-state index >= 15 is 0 Å². The number of carbonyl (C=O) groups excluding carboxylic acids is 2. The third-order valence-electron chi connectivity index (χ3n) is 4.38. The molecule has 0 N–H and O–H groups in total. The Bertz CT molecular complexity index is 851. The van der Waals surface area contributed by atoms with Gasteiger partial charge in [0.1, 0.15) is 5.75 Å². The van der Waals surface area contributed by atoms with Gasteiger partial charge < -0.3 is 9.64 Å². The quantitative estimate of drug-likeness (QED) is 0.581. The van der Waals surface area contributed by atoms with Crippen LogP contribution in [0, 0.1) is 19.8 Å². The standard InChI is InChI=1S/C19H17Cl2NO3/c1-11-6-7-14(8-12(11)2)25-19(24)13-9-17(23)22(10-13)16-5-3-4-15(20)18(16)21/h3-8,13H,9-10H2,1-2H3/t13-/m1/s1. The molecule has 1 fully saturated rings. The minimum atomic E-state index is -0.538. The van der Waals surface area contributed by atoms with E-state index in [1.165, 1.54) is 4.90 Å². The number of hydrogen-bond donors (Lipinski definition) is 0.